The lowest BCUT2D eigenvalue weighted by Crippen LogP contribution is -2.54. The number of nitrogens with zero attached hydrogens (tertiary/aromatic N) is 1. The van der Waals surface area contributed by atoms with E-state index in [4.69, 9.17) is 0 Å². The van der Waals surface area contributed by atoms with E-state index in [9.17, 15) is 9.90 Å². The zero-order valence-corrected chi connectivity index (χ0v) is 11.9. The van der Waals surface area contributed by atoms with Crippen molar-refractivity contribution in [1.82, 2.24) is 4.90 Å². The first-order valence-corrected chi connectivity index (χ1v) is 7.30. The Bertz CT molecular complexity index is 591. The summed E-state index contributed by atoms with van der Waals surface area (Å²) in [5, 5.41) is 9.49. The monoisotopic (exact) mass is 281 g/mol. The van der Waals surface area contributed by atoms with E-state index in [1.54, 1.807) is 0 Å². The number of aliphatic carboxylic acids is 1. The summed E-state index contributed by atoms with van der Waals surface area (Å²) in [6.07, 6.45) is 0.567. The fourth-order valence-electron chi connectivity index (χ4n) is 2.91. The Labute approximate surface area is 124 Å². The highest BCUT2D eigenvalue weighted by Gasteiger charge is 2.36. The highest BCUT2D eigenvalue weighted by molar-refractivity contribution is 5.74. The average Bonchev–Trinajstić information content (AvgIpc) is 2.47. The van der Waals surface area contributed by atoms with Crippen LogP contribution in [-0.2, 0) is 11.2 Å². The maximum atomic E-state index is 11.5. The fourth-order valence-corrected chi connectivity index (χ4v) is 2.91. The number of benzene rings is 2. The molecular weight excluding hydrogens is 262 g/mol. The van der Waals surface area contributed by atoms with Crippen molar-refractivity contribution in [3.05, 3.63) is 71.8 Å². The third-order valence-electron chi connectivity index (χ3n) is 4.18. The molecule has 1 aliphatic heterocycles. The highest BCUT2D eigenvalue weighted by Crippen LogP contribution is 2.29. The van der Waals surface area contributed by atoms with Crippen LogP contribution in [-0.4, -0.2) is 35.1 Å². The van der Waals surface area contributed by atoms with Crippen LogP contribution >= 0.6 is 0 Å². The van der Waals surface area contributed by atoms with E-state index in [1.807, 2.05) is 48.5 Å². The third-order valence-corrected chi connectivity index (χ3v) is 4.18. The predicted octanol–water partition coefficient (Wildman–Crippen LogP) is 2.78. The van der Waals surface area contributed by atoms with E-state index in [1.165, 1.54) is 5.56 Å². The van der Waals surface area contributed by atoms with Gasteiger partial charge in [-0.1, -0.05) is 60.7 Å². The lowest BCUT2D eigenvalue weighted by Gasteiger charge is -2.43. The smallest absolute Gasteiger partial charge is 0.321 e. The van der Waals surface area contributed by atoms with E-state index in [-0.39, 0.29) is 0 Å². The molecule has 3 heteroatoms. The van der Waals surface area contributed by atoms with Crippen LogP contribution < -0.4 is 0 Å². The summed E-state index contributed by atoms with van der Waals surface area (Å²) in [6, 6.07) is 19.7. The molecule has 0 aliphatic carbocycles. The molecule has 108 valence electrons. The molecule has 3 nitrogen and oxygen atoms in total. The van der Waals surface area contributed by atoms with Crippen molar-refractivity contribution in [2.75, 3.05) is 13.1 Å². The quantitative estimate of drug-likeness (QED) is 0.916. The molecule has 1 fully saturated rings. The Morgan fingerprint density at radius 1 is 1.05 bits per heavy atom. The van der Waals surface area contributed by atoms with Gasteiger partial charge < -0.3 is 5.11 Å². The molecule has 0 amide bonds. The van der Waals surface area contributed by atoms with Crippen molar-refractivity contribution in [2.24, 2.45) is 0 Å². The minimum absolute atomic E-state index is 0.424. The topological polar surface area (TPSA) is 40.5 Å². The van der Waals surface area contributed by atoms with Crippen LogP contribution in [0.2, 0.25) is 0 Å². The second-order valence-corrected chi connectivity index (χ2v) is 5.61. The molecule has 0 spiro atoms. The lowest BCUT2D eigenvalue weighted by atomic mass is 9.89. The standard InChI is InChI=1S/C18H19NO2/c20-18(21)17(11-14-7-3-1-4-8-14)19-12-16(13-19)15-9-5-2-6-10-15/h1-10,16-17H,11-13H2,(H,20,21). The zero-order chi connectivity index (χ0) is 14.7. The van der Waals surface area contributed by atoms with Gasteiger partial charge in [-0.25, -0.2) is 0 Å². The van der Waals surface area contributed by atoms with Gasteiger partial charge in [-0.05, 0) is 17.5 Å². The second-order valence-electron chi connectivity index (χ2n) is 5.61. The molecule has 0 saturated carbocycles. The van der Waals surface area contributed by atoms with E-state index >= 15 is 0 Å². The van der Waals surface area contributed by atoms with Crippen LogP contribution in [0.15, 0.2) is 60.7 Å². The molecule has 1 heterocycles. The minimum Gasteiger partial charge on any atom is -0.480 e. The number of carbonyl (C=O) groups is 1. The molecule has 1 atom stereocenters. The van der Waals surface area contributed by atoms with Crippen molar-refractivity contribution >= 4 is 5.97 Å². The molecule has 3 rings (SSSR count). The highest BCUT2D eigenvalue weighted by atomic mass is 16.4. The molecule has 0 aromatic heterocycles. The molecule has 0 radical (unpaired) electrons. The van der Waals surface area contributed by atoms with Gasteiger partial charge in [0.15, 0.2) is 0 Å². The van der Waals surface area contributed by atoms with Gasteiger partial charge in [-0.15, -0.1) is 0 Å². The Morgan fingerprint density at radius 2 is 1.62 bits per heavy atom. The van der Waals surface area contributed by atoms with Gasteiger partial charge in [0, 0.05) is 19.0 Å². The number of rotatable bonds is 5. The first kappa shape index (κ1) is 13.8. The molecular formula is C18H19NO2. The normalized spacial score (nSPS) is 17.1. The average molecular weight is 281 g/mol. The maximum Gasteiger partial charge on any atom is 0.321 e. The van der Waals surface area contributed by atoms with Crippen molar-refractivity contribution < 1.29 is 9.90 Å². The SMILES string of the molecule is O=C(O)C(Cc1ccccc1)N1CC(c2ccccc2)C1. The van der Waals surface area contributed by atoms with E-state index in [0.717, 1.165) is 18.7 Å². The van der Waals surface area contributed by atoms with Crippen LogP contribution in [0.1, 0.15) is 17.0 Å². The summed E-state index contributed by atoms with van der Waals surface area (Å²) in [7, 11) is 0. The molecule has 0 bridgehead atoms. The Kier molecular flexibility index (Phi) is 4.02. The summed E-state index contributed by atoms with van der Waals surface area (Å²) in [6.45, 7) is 1.65. The first-order chi connectivity index (χ1) is 10.2. The Hall–Kier alpha value is -2.13. The number of carboxylic acid groups (broad SMARTS) is 1. The lowest BCUT2D eigenvalue weighted by molar-refractivity contribution is -0.145. The fraction of sp³-hybridized carbons (Fsp3) is 0.278. The predicted molar refractivity (Wildman–Crippen MR) is 82.3 cm³/mol. The van der Waals surface area contributed by atoms with Crippen LogP contribution in [0.25, 0.3) is 0 Å². The number of hydrogen-bond donors (Lipinski definition) is 1. The van der Waals surface area contributed by atoms with Crippen LogP contribution in [0.5, 0.6) is 0 Å². The summed E-state index contributed by atoms with van der Waals surface area (Å²) >= 11 is 0. The van der Waals surface area contributed by atoms with Crippen molar-refractivity contribution in [2.45, 2.75) is 18.4 Å². The third kappa shape index (κ3) is 3.14. The van der Waals surface area contributed by atoms with E-state index in [2.05, 4.69) is 17.0 Å². The second kappa shape index (κ2) is 6.10. The molecule has 1 aliphatic rings. The molecule has 2 aromatic carbocycles. The van der Waals surface area contributed by atoms with E-state index < -0.39 is 12.0 Å². The summed E-state index contributed by atoms with van der Waals surface area (Å²) in [5.74, 6) is -0.269. The number of likely N-dealkylation sites (tertiary alicyclic amines) is 1. The van der Waals surface area contributed by atoms with Gasteiger partial charge in [-0.3, -0.25) is 9.69 Å². The van der Waals surface area contributed by atoms with Crippen molar-refractivity contribution in [3.8, 4) is 0 Å². The van der Waals surface area contributed by atoms with Crippen molar-refractivity contribution in [3.63, 3.8) is 0 Å². The number of hydrogen-bond acceptors (Lipinski definition) is 2. The summed E-state index contributed by atoms with van der Waals surface area (Å²) in [5.41, 5.74) is 2.38. The largest absolute Gasteiger partial charge is 0.480 e. The van der Waals surface area contributed by atoms with Gasteiger partial charge in [0.1, 0.15) is 6.04 Å². The van der Waals surface area contributed by atoms with Gasteiger partial charge in [0.2, 0.25) is 0 Å². The Balaban J connectivity index is 1.64. The summed E-state index contributed by atoms with van der Waals surface area (Å²) < 4.78 is 0. The summed E-state index contributed by atoms with van der Waals surface area (Å²) in [4.78, 5) is 13.6. The van der Waals surface area contributed by atoms with Crippen molar-refractivity contribution in [1.29, 1.82) is 0 Å². The Morgan fingerprint density at radius 3 is 2.19 bits per heavy atom. The number of carboxylic acids is 1. The van der Waals surface area contributed by atoms with Crippen LogP contribution in [0, 0.1) is 0 Å². The maximum absolute atomic E-state index is 11.5. The van der Waals surface area contributed by atoms with Gasteiger partial charge >= 0.3 is 5.97 Å². The molecule has 1 saturated heterocycles. The first-order valence-electron chi connectivity index (χ1n) is 7.30. The van der Waals surface area contributed by atoms with E-state index in [0.29, 0.717) is 12.3 Å². The molecule has 2 aromatic rings. The molecule has 1 N–H and O–H groups in total. The van der Waals surface area contributed by atoms with Crippen LogP contribution in [0.3, 0.4) is 0 Å². The van der Waals surface area contributed by atoms with Gasteiger partial charge in [0.05, 0.1) is 0 Å². The van der Waals surface area contributed by atoms with Gasteiger partial charge in [-0.2, -0.15) is 0 Å². The molecule has 1 unspecified atom stereocenters. The van der Waals surface area contributed by atoms with Gasteiger partial charge in [0.25, 0.3) is 0 Å². The zero-order valence-electron chi connectivity index (χ0n) is 11.9. The minimum atomic E-state index is -0.731. The van der Waals surface area contributed by atoms with Crippen LogP contribution in [0.4, 0.5) is 0 Å². The molecule has 21 heavy (non-hydrogen) atoms.